The fourth-order valence-electron chi connectivity index (χ4n) is 4.21. The standard InChI is InChI=1S/C28H35NO7/c1-5-7-8-15-36-22-13-12-19(18-23(22)34-4)25-24(27(31)28(32)29(25)14-16-33-3)26(30)20-10-9-11-21(17-20)35-6-2/h9-13,17-18,25,30H,5-8,14-16H2,1-4H3/b26-24+. The Morgan fingerprint density at radius 3 is 2.47 bits per heavy atom. The van der Waals surface area contributed by atoms with Crippen molar-refractivity contribution in [3.8, 4) is 17.2 Å². The van der Waals surface area contributed by atoms with E-state index in [1.807, 2.05) is 6.92 Å². The highest BCUT2D eigenvalue weighted by molar-refractivity contribution is 6.46. The van der Waals surface area contributed by atoms with Crippen LogP contribution in [-0.2, 0) is 14.3 Å². The highest BCUT2D eigenvalue weighted by atomic mass is 16.5. The number of ketones is 1. The number of methoxy groups -OCH3 is 2. The molecule has 0 radical (unpaired) electrons. The maximum absolute atomic E-state index is 13.2. The molecule has 0 saturated carbocycles. The van der Waals surface area contributed by atoms with Gasteiger partial charge in [0.05, 0.1) is 38.5 Å². The molecule has 1 unspecified atom stereocenters. The van der Waals surface area contributed by atoms with Crippen LogP contribution in [0.2, 0.25) is 0 Å². The van der Waals surface area contributed by atoms with Crippen molar-refractivity contribution in [2.24, 2.45) is 0 Å². The van der Waals surface area contributed by atoms with E-state index in [-0.39, 0.29) is 24.5 Å². The Kier molecular flexibility index (Phi) is 9.76. The molecule has 1 atom stereocenters. The molecule has 1 saturated heterocycles. The molecule has 2 aromatic rings. The van der Waals surface area contributed by atoms with E-state index in [9.17, 15) is 14.7 Å². The minimum absolute atomic E-state index is 0.00317. The SMILES string of the molecule is CCCCCOc1ccc(C2/C(=C(\O)c3cccc(OCC)c3)C(=O)C(=O)N2CCOC)cc1OC. The van der Waals surface area contributed by atoms with Gasteiger partial charge in [0.25, 0.3) is 11.7 Å². The van der Waals surface area contributed by atoms with E-state index in [0.29, 0.717) is 41.6 Å². The molecular formula is C28H35NO7. The van der Waals surface area contributed by atoms with Crippen LogP contribution in [0.15, 0.2) is 48.0 Å². The van der Waals surface area contributed by atoms with Gasteiger partial charge in [-0.05, 0) is 43.2 Å². The van der Waals surface area contributed by atoms with Gasteiger partial charge in [-0.15, -0.1) is 0 Å². The van der Waals surface area contributed by atoms with E-state index in [1.165, 1.54) is 12.0 Å². The number of ether oxygens (including phenoxy) is 4. The summed E-state index contributed by atoms with van der Waals surface area (Å²) in [5, 5.41) is 11.3. The summed E-state index contributed by atoms with van der Waals surface area (Å²) >= 11 is 0. The molecule has 1 heterocycles. The summed E-state index contributed by atoms with van der Waals surface area (Å²) in [5.41, 5.74) is 1.01. The fraction of sp³-hybridized carbons (Fsp3) is 0.429. The van der Waals surface area contributed by atoms with Gasteiger partial charge in [0.2, 0.25) is 0 Å². The van der Waals surface area contributed by atoms with Gasteiger partial charge in [0, 0.05) is 19.2 Å². The quantitative estimate of drug-likeness (QED) is 0.185. The van der Waals surface area contributed by atoms with Gasteiger partial charge in [0.15, 0.2) is 11.5 Å². The predicted octanol–water partition coefficient (Wildman–Crippen LogP) is 4.73. The summed E-state index contributed by atoms with van der Waals surface area (Å²) in [4.78, 5) is 27.6. The third kappa shape index (κ3) is 5.99. The molecule has 0 bridgehead atoms. The zero-order chi connectivity index (χ0) is 26.1. The normalized spacial score (nSPS) is 16.9. The maximum Gasteiger partial charge on any atom is 0.295 e. The van der Waals surface area contributed by atoms with Gasteiger partial charge < -0.3 is 29.0 Å². The first-order valence-electron chi connectivity index (χ1n) is 12.3. The molecule has 8 nitrogen and oxygen atoms in total. The molecule has 1 aliphatic heterocycles. The van der Waals surface area contributed by atoms with Crippen LogP contribution in [0.25, 0.3) is 5.76 Å². The number of hydrogen-bond donors (Lipinski definition) is 1. The highest BCUT2D eigenvalue weighted by Gasteiger charge is 2.46. The Bertz CT molecular complexity index is 1100. The summed E-state index contributed by atoms with van der Waals surface area (Å²) in [6.07, 6.45) is 3.09. The molecule has 0 spiro atoms. The number of Topliss-reactive ketones (excluding diaryl/α,β-unsaturated/α-hetero) is 1. The van der Waals surface area contributed by atoms with Gasteiger partial charge in [0.1, 0.15) is 11.5 Å². The number of aliphatic hydroxyl groups is 1. The monoisotopic (exact) mass is 497 g/mol. The second-order valence-corrected chi connectivity index (χ2v) is 8.41. The summed E-state index contributed by atoms with van der Waals surface area (Å²) in [6, 6.07) is 11.3. The molecule has 0 aliphatic carbocycles. The van der Waals surface area contributed by atoms with Crippen molar-refractivity contribution < 1.29 is 33.6 Å². The summed E-state index contributed by atoms with van der Waals surface area (Å²) in [5.74, 6) is -0.0976. The zero-order valence-electron chi connectivity index (χ0n) is 21.4. The van der Waals surface area contributed by atoms with Crippen LogP contribution in [0, 0.1) is 0 Å². The number of nitrogens with zero attached hydrogens (tertiary/aromatic N) is 1. The van der Waals surface area contributed by atoms with Gasteiger partial charge in [-0.1, -0.05) is 38.0 Å². The second kappa shape index (κ2) is 13.0. The minimum Gasteiger partial charge on any atom is -0.507 e. The Hall–Kier alpha value is -3.52. The predicted molar refractivity (Wildman–Crippen MR) is 137 cm³/mol. The smallest absolute Gasteiger partial charge is 0.295 e. The van der Waals surface area contributed by atoms with Gasteiger partial charge in [-0.2, -0.15) is 0 Å². The second-order valence-electron chi connectivity index (χ2n) is 8.41. The number of unbranched alkanes of at least 4 members (excludes halogenated alkanes) is 2. The van der Waals surface area contributed by atoms with Crippen molar-refractivity contribution in [2.45, 2.75) is 39.2 Å². The lowest BCUT2D eigenvalue weighted by Crippen LogP contribution is -2.32. The number of rotatable bonds is 13. The zero-order valence-corrected chi connectivity index (χ0v) is 21.4. The van der Waals surface area contributed by atoms with Crippen molar-refractivity contribution in [2.75, 3.05) is 40.6 Å². The Balaban J connectivity index is 2.07. The van der Waals surface area contributed by atoms with Gasteiger partial charge >= 0.3 is 0 Å². The summed E-state index contributed by atoms with van der Waals surface area (Å²) in [7, 11) is 3.07. The molecule has 36 heavy (non-hydrogen) atoms. The lowest BCUT2D eigenvalue weighted by Gasteiger charge is -2.25. The van der Waals surface area contributed by atoms with E-state index < -0.39 is 17.7 Å². The number of likely N-dealkylation sites (tertiary alicyclic amines) is 1. The van der Waals surface area contributed by atoms with E-state index in [4.69, 9.17) is 18.9 Å². The van der Waals surface area contributed by atoms with Crippen molar-refractivity contribution in [1.29, 1.82) is 0 Å². The summed E-state index contributed by atoms with van der Waals surface area (Å²) in [6.45, 7) is 5.42. The van der Waals surface area contributed by atoms with Crippen LogP contribution < -0.4 is 14.2 Å². The van der Waals surface area contributed by atoms with E-state index in [0.717, 1.165) is 19.3 Å². The number of carbonyl (C=O) groups is 2. The first-order chi connectivity index (χ1) is 17.5. The third-order valence-electron chi connectivity index (χ3n) is 6.00. The van der Waals surface area contributed by atoms with Crippen LogP contribution in [0.1, 0.15) is 50.3 Å². The molecule has 3 rings (SSSR count). The lowest BCUT2D eigenvalue weighted by molar-refractivity contribution is -0.140. The molecule has 2 aromatic carbocycles. The van der Waals surface area contributed by atoms with E-state index in [2.05, 4.69) is 6.92 Å². The molecule has 1 amide bonds. The minimum atomic E-state index is -0.820. The Morgan fingerprint density at radius 2 is 1.78 bits per heavy atom. The Morgan fingerprint density at radius 1 is 0.972 bits per heavy atom. The summed E-state index contributed by atoms with van der Waals surface area (Å²) < 4.78 is 22.2. The molecule has 194 valence electrons. The fourth-order valence-corrected chi connectivity index (χ4v) is 4.21. The van der Waals surface area contributed by atoms with Crippen LogP contribution >= 0.6 is 0 Å². The van der Waals surface area contributed by atoms with Crippen LogP contribution in [-0.4, -0.2) is 62.3 Å². The average Bonchev–Trinajstić information content (AvgIpc) is 3.14. The number of aliphatic hydroxyl groups excluding tert-OH is 1. The van der Waals surface area contributed by atoms with Crippen molar-refractivity contribution >= 4 is 17.4 Å². The largest absolute Gasteiger partial charge is 0.507 e. The lowest BCUT2D eigenvalue weighted by atomic mass is 9.95. The molecule has 0 aromatic heterocycles. The average molecular weight is 498 g/mol. The van der Waals surface area contributed by atoms with E-state index >= 15 is 0 Å². The number of benzene rings is 2. The molecule has 8 heteroatoms. The molecule has 1 N–H and O–H groups in total. The first-order valence-corrected chi connectivity index (χ1v) is 12.3. The van der Waals surface area contributed by atoms with E-state index in [1.54, 1.807) is 49.6 Å². The van der Waals surface area contributed by atoms with Crippen LogP contribution in [0.5, 0.6) is 17.2 Å². The number of carbonyl (C=O) groups excluding carboxylic acids is 2. The maximum atomic E-state index is 13.2. The Labute approximate surface area is 212 Å². The molecule has 1 aliphatic rings. The third-order valence-corrected chi connectivity index (χ3v) is 6.00. The van der Waals surface area contributed by atoms with Crippen LogP contribution in [0.4, 0.5) is 0 Å². The van der Waals surface area contributed by atoms with Gasteiger partial charge in [-0.3, -0.25) is 9.59 Å². The number of amides is 1. The first kappa shape index (κ1) is 27.1. The highest BCUT2D eigenvalue weighted by Crippen LogP contribution is 2.42. The van der Waals surface area contributed by atoms with Crippen molar-refractivity contribution in [1.82, 2.24) is 4.90 Å². The van der Waals surface area contributed by atoms with Gasteiger partial charge in [-0.25, -0.2) is 0 Å². The molecular weight excluding hydrogens is 462 g/mol. The van der Waals surface area contributed by atoms with Crippen LogP contribution in [0.3, 0.4) is 0 Å². The number of hydrogen-bond acceptors (Lipinski definition) is 7. The topological polar surface area (TPSA) is 94.5 Å². The van der Waals surface area contributed by atoms with Crippen molar-refractivity contribution in [3.05, 3.63) is 59.2 Å². The molecule has 1 fully saturated rings. The van der Waals surface area contributed by atoms with Crippen molar-refractivity contribution in [3.63, 3.8) is 0 Å².